The van der Waals surface area contributed by atoms with Gasteiger partial charge in [-0.1, -0.05) is 6.42 Å². The zero-order valence-corrected chi connectivity index (χ0v) is 12.3. The molecule has 7 heteroatoms. The summed E-state index contributed by atoms with van der Waals surface area (Å²) in [6.45, 7) is 0.817. The molecule has 118 valence electrons. The minimum absolute atomic E-state index is 0.0183. The predicted octanol–water partition coefficient (Wildman–Crippen LogP) is 0.0895. The Morgan fingerprint density at radius 3 is 2.76 bits per heavy atom. The van der Waals surface area contributed by atoms with E-state index in [1.807, 2.05) is 0 Å². The molecule has 0 aromatic rings. The van der Waals surface area contributed by atoms with Gasteiger partial charge in [-0.15, -0.1) is 0 Å². The quantitative estimate of drug-likeness (QED) is 0.795. The number of hydrogen-bond donors (Lipinski definition) is 1. The minimum Gasteiger partial charge on any atom is -0.480 e. The minimum atomic E-state index is -1.02. The number of likely N-dealkylation sites (tertiary alicyclic amines) is 2. The van der Waals surface area contributed by atoms with E-state index in [1.54, 1.807) is 4.90 Å². The third kappa shape index (κ3) is 3.72. The first-order valence-corrected chi connectivity index (χ1v) is 7.35. The van der Waals surface area contributed by atoms with E-state index in [2.05, 4.69) is 0 Å². The van der Waals surface area contributed by atoms with Crippen molar-refractivity contribution in [3.05, 3.63) is 0 Å². The molecule has 2 aliphatic rings. The molecule has 0 radical (unpaired) electrons. The second kappa shape index (κ2) is 6.89. The molecular weight excluding hydrogens is 276 g/mol. The summed E-state index contributed by atoms with van der Waals surface area (Å²) in [7, 11) is 1.51. The summed E-state index contributed by atoms with van der Waals surface area (Å²) >= 11 is 0. The monoisotopic (exact) mass is 298 g/mol. The number of carbonyl (C=O) groups excluding carboxylic acids is 2. The van der Waals surface area contributed by atoms with Crippen LogP contribution in [-0.4, -0.2) is 71.6 Å². The average Bonchev–Trinajstić information content (AvgIpc) is 2.80. The van der Waals surface area contributed by atoms with E-state index in [0.29, 0.717) is 19.4 Å². The number of hydrogen-bond acceptors (Lipinski definition) is 4. The molecule has 1 N–H and O–H groups in total. The Morgan fingerprint density at radius 1 is 1.33 bits per heavy atom. The van der Waals surface area contributed by atoms with E-state index in [9.17, 15) is 19.5 Å². The van der Waals surface area contributed by atoms with Crippen LogP contribution in [0.25, 0.3) is 0 Å². The van der Waals surface area contributed by atoms with Gasteiger partial charge in [-0.2, -0.15) is 0 Å². The maximum absolute atomic E-state index is 12.4. The number of nitrogens with zero attached hydrogens (tertiary/aromatic N) is 2. The van der Waals surface area contributed by atoms with E-state index >= 15 is 0 Å². The SMILES string of the molecule is COC1CC(C(=O)O)N(C(=O)CN2CCCCCC2=O)C1. The summed E-state index contributed by atoms with van der Waals surface area (Å²) in [6, 6.07) is -0.857. The van der Waals surface area contributed by atoms with Gasteiger partial charge in [-0.25, -0.2) is 4.79 Å². The van der Waals surface area contributed by atoms with E-state index in [0.717, 1.165) is 19.3 Å². The maximum atomic E-state index is 12.4. The van der Waals surface area contributed by atoms with Gasteiger partial charge >= 0.3 is 5.97 Å². The molecule has 2 heterocycles. The molecule has 2 aliphatic heterocycles. The van der Waals surface area contributed by atoms with E-state index in [4.69, 9.17) is 4.74 Å². The third-order valence-electron chi connectivity index (χ3n) is 4.20. The third-order valence-corrected chi connectivity index (χ3v) is 4.20. The fourth-order valence-corrected chi connectivity index (χ4v) is 2.94. The van der Waals surface area contributed by atoms with Gasteiger partial charge in [0.2, 0.25) is 11.8 Å². The van der Waals surface area contributed by atoms with Crippen molar-refractivity contribution in [2.75, 3.05) is 26.7 Å². The number of rotatable bonds is 4. The van der Waals surface area contributed by atoms with Gasteiger partial charge in [0.15, 0.2) is 0 Å². The van der Waals surface area contributed by atoms with Crippen LogP contribution in [0.1, 0.15) is 32.1 Å². The first-order chi connectivity index (χ1) is 10.0. The molecule has 0 aromatic heterocycles. The van der Waals surface area contributed by atoms with Gasteiger partial charge in [0.1, 0.15) is 6.04 Å². The molecule has 2 amide bonds. The lowest BCUT2D eigenvalue weighted by Gasteiger charge is -2.26. The Labute approximate surface area is 123 Å². The van der Waals surface area contributed by atoms with Crippen LogP contribution < -0.4 is 0 Å². The lowest BCUT2D eigenvalue weighted by Crippen LogP contribution is -2.47. The molecule has 2 rings (SSSR count). The molecule has 21 heavy (non-hydrogen) atoms. The second-order valence-electron chi connectivity index (χ2n) is 5.62. The van der Waals surface area contributed by atoms with Crippen molar-refractivity contribution in [3.63, 3.8) is 0 Å². The van der Waals surface area contributed by atoms with Crippen LogP contribution in [-0.2, 0) is 19.1 Å². The number of aliphatic carboxylic acids is 1. The Morgan fingerprint density at radius 2 is 2.10 bits per heavy atom. The van der Waals surface area contributed by atoms with Crippen LogP contribution in [0.3, 0.4) is 0 Å². The molecule has 2 saturated heterocycles. The summed E-state index contributed by atoms with van der Waals surface area (Å²) in [5.41, 5.74) is 0. The molecule has 7 nitrogen and oxygen atoms in total. The lowest BCUT2D eigenvalue weighted by atomic mass is 10.2. The Bertz CT molecular complexity index is 426. The highest BCUT2D eigenvalue weighted by Crippen LogP contribution is 2.21. The van der Waals surface area contributed by atoms with Crippen LogP contribution in [0.15, 0.2) is 0 Å². The van der Waals surface area contributed by atoms with Crippen LogP contribution in [0.2, 0.25) is 0 Å². The molecular formula is C14H22N2O5. The molecule has 0 aliphatic carbocycles. The summed E-state index contributed by atoms with van der Waals surface area (Å²) in [5, 5.41) is 9.22. The van der Waals surface area contributed by atoms with Gasteiger partial charge in [0.05, 0.1) is 12.6 Å². The van der Waals surface area contributed by atoms with Crippen molar-refractivity contribution < 1.29 is 24.2 Å². The first kappa shape index (κ1) is 15.8. The average molecular weight is 298 g/mol. The number of methoxy groups -OCH3 is 1. The highest BCUT2D eigenvalue weighted by Gasteiger charge is 2.40. The number of carboxylic acid groups (broad SMARTS) is 1. The first-order valence-electron chi connectivity index (χ1n) is 7.35. The van der Waals surface area contributed by atoms with Crippen molar-refractivity contribution in [2.45, 2.75) is 44.2 Å². The molecule has 2 atom stereocenters. The van der Waals surface area contributed by atoms with Gasteiger partial charge < -0.3 is 19.6 Å². The zero-order chi connectivity index (χ0) is 15.4. The normalized spacial score (nSPS) is 26.8. The molecule has 0 aromatic carbocycles. The highest BCUT2D eigenvalue weighted by atomic mass is 16.5. The summed E-state index contributed by atoms with van der Waals surface area (Å²) in [6.07, 6.45) is 3.25. The predicted molar refractivity (Wildman–Crippen MR) is 73.6 cm³/mol. The second-order valence-corrected chi connectivity index (χ2v) is 5.62. The van der Waals surface area contributed by atoms with Crippen molar-refractivity contribution in [1.29, 1.82) is 0 Å². The molecule has 0 saturated carbocycles. The van der Waals surface area contributed by atoms with E-state index in [-0.39, 0.29) is 31.0 Å². The Balaban J connectivity index is 2.00. The molecule has 2 unspecified atom stereocenters. The van der Waals surface area contributed by atoms with Crippen molar-refractivity contribution in [1.82, 2.24) is 9.80 Å². The van der Waals surface area contributed by atoms with Crippen molar-refractivity contribution >= 4 is 17.8 Å². The van der Waals surface area contributed by atoms with Crippen LogP contribution >= 0.6 is 0 Å². The number of ether oxygens (including phenoxy) is 1. The molecule has 0 bridgehead atoms. The number of carboxylic acids is 1. The topological polar surface area (TPSA) is 87.2 Å². The fourth-order valence-electron chi connectivity index (χ4n) is 2.94. The highest BCUT2D eigenvalue weighted by molar-refractivity contribution is 5.88. The van der Waals surface area contributed by atoms with Crippen molar-refractivity contribution in [3.8, 4) is 0 Å². The number of amides is 2. The Kier molecular flexibility index (Phi) is 5.17. The zero-order valence-electron chi connectivity index (χ0n) is 12.3. The van der Waals surface area contributed by atoms with Gasteiger partial charge in [-0.05, 0) is 12.8 Å². The van der Waals surface area contributed by atoms with E-state index in [1.165, 1.54) is 12.0 Å². The molecule has 0 spiro atoms. The van der Waals surface area contributed by atoms with Gasteiger partial charge in [-0.3, -0.25) is 9.59 Å². The largest absolute Gasteiger partial charge is 0.480 e. The summed E-state index contributed by atoms with van der Waals surface area (Å²) in [4.78, 5) is 38.4. The van der Waals surface area contributed by atoms with Gasteiger partial charge in [0.25, 0.3) is 0 Å². The fraction of sp³-hybridized carbons (Fsp3) is 0.786. The van der Waals surface area contributed by atoms with Crippen molar-refractivity contribution in [2.24, 2.45) is 0 Å². The maximum Gasteiger partial charge on any atom is 0.326 e. The smallest absolute Gasteiger partial charge is 0.326 e. The summed E-state index contributed by atoms with van der Waals surface area (Å²) < 4.78 is 5.17. The lowest BCUT2D eigenvalue weighted by molar-refractivity contribution is -0.149. The number of carbonyl (C=O) groups is 3. The molecule has 2 fully saturated rings. The Hall–Kier alpha value is -1.63. The van der Waals surface area contributed by atoms with Crippen LogP contribution in [0.4, 0.5) is 0 Å². The van der Waals surface area contributed by atoms with Crippen LogP contribution in [0, 0.1) is 0 Å². The van der Waals surface area contributed by atoms with Gasteiger partial charge in [0, 0.05) is 33.0 Å². The standard InChI is InChI=1S/C14H22N2O5/c1-21-10-7-11(14(19)20)16(8-10)13(18)9-15-6-4-2-3-5-12(15)17/h10-11H,2-9H2,1H3,(H,19,20). The van der Waals surface area contributed by atoms with E-state index < -0.39 is 12.0 Å². The van der Waals surface area contributed by atoms with Crippen LogP contribution in [0.5, 0.6) is 0 Å². The summed E-state index contributed by atoms with van der Waals surface area (Å²) in [5.74, 6) is -1.35.